The second kappa shape index (κ2) is 18.3. The van der Waals surface area contributed by atoms with E-state index in [-0.39, 0.29) is 88.8 Å². The Morgan fingerprint density at radius 3 is 2.43 bits per heavy atom. The number of rotatable bonds is 12. The number of carbonyl (C=O) groups is 4. The molecule has 0 unspecified atom stereocenters. The van der Waals surface area contributed by atoms with Crippen molar-refractivity contribution in [1.29, 1.82) is 0 Å². The van der Waals surface area contributed by atoms with Crippen molar-refractivity contribution in [3.05, 3.63) is 80.2 Å². The average molecular weight is 916 g/mol. The molecule has 1 atom stereocenters. The number of likely N-dealkylation sites (N-methyl/N-ethyl adjacent to an activating group) is 1. The normalized spacial score (nSPS) is 22.0. The van der Waals surface area contributed by atoms with Crippen molar-refractivity contribution in [2.45, 2.75) is 108 Å². The van der Waals surface area contributed by atoms with Gasteiger partial charge < -0.3 is 39.4 Å². The van der Waals surface area contributed by atoms with Gasteiger partial charge in [0, 0.05) is 55.2 Å². The lowest BCUT2D eigenvalue weighted by atomic mass is 9.83. The summed E-state index contributed by atoms with van der Waals surface area (Å²) in [6, 6.07) is 7.22. The molecule has 0 bridgehead atoms. The number of hydrogen-bond acceptors (Lipinski definition) is 12. The number of likely N-dealkylation sites (tertiary alicyclic amines) is 1. The fourth-order valence-electron chi connectivity index (χ4n) is 9.93. The van der Waals surface area contributed by atoms with Crippen molar-refractivity contribution in [2.75, 3.05) is 50.1 Å². The second-order valence-electron chi connectivity index (χ2n) is 17.9. The van der Waals surface area contributed by atoms with Crippen LogP contribution in [0.25, 0.3) is 10.9 Å². The minimum atomic E-state index is -0.779. The number of carbonyl (C=O) groups excluding carboxylic acids is 4. The highest BCUT2D eigenvalue weighted by molar-refractivity contribution is 6.33. The van der Waals surface area contributed by atoms with Gasteiger partial charge in [-0.3, -0.25) is 29.3 Å². The van der Waals surface area contributed by atoms with E-state index in [2.05, 4.69) is 35.7 Å². The van der Waals surface area contributed by atoms with Crippen LogP contribution >= 0.6 is 11.6 Å². The lowest BCUT2D eigenvalue weighted by molar-refractivity contribution is -0.137. The third-order valence-electron chi connectivity index (χ3n) is 13.6. The SMILES string of the molecule is CNC(=O)COc1cc2c(F)c(Nc3nc(N4CCC(O[C@H]5C[C@H](N6CCC(c7ccc8c(c7F)CN([C@H]7CCC(=O)NC7=O)C8=O)CC6)C5)CC4)ncc3Cl)ccc2n(C(C)C)c1=O. The van der Waals surface area contributed by atoms with Gasteiger partial charge in [0.2, 0.25) is 17.8 Å². The number of benzene rings is 2. The summed E-state index contributed by atoms with van der Waals surface area (Å²) in [5, 5.41) is 8.07. The molecule has 344 valence electrons. The fourth-order valence-corrected chi connectivity index (χ4v) is 10.1. The predicted molar refractivity (Wildman–Crippen MR) is 238 cm³/mol. The number of anilines is 3. The number of amides is 4. The van der Waals surface area contributed by atoms with Gasteiger partial charge in [0.15, 0.2) is 24.0 Å². The molecule has 4 fully saturated rings. The number of ether oxygens (including phenoxy) is 2. The van der Waals surface area contributed by atoms with E-state index in [1.165, 1.54) is 34.8 Å². The number of aromatic nitrogens is 3. The number of hydrogen-bond donors (Lipinski definition) is 3. The lowest BCUT2D eigenvalue weighted by Gasteiger charge is -2.47. The molecule has 5 aliphatic rings. The van der Waals surface area contributed by atoms with Crippen molar-refractivity contribution >= 4 is 63.6 Å². The van der Waals surface area contributed by atoms with Gasteiger partial charge >= 0.3 is 0 Å². The van der Waals surface area contributed by atoms with Gasteiger partial charge in [0.25, 0.3) is 17.4 Å². The zero-order chi connectivity index (χ0) is 45.7. The molecule has 2 aromatic heterocycles. The highest BCUT2D eigenvalue weighted by Crippen LogP contribution is 2.40. The molecule has 19 heteroatoms. The zero-order valence-electron chi connectivity index (χ0n) is 36.5. The summed E-state index contributed by atoms with van der Waals surface area (Å²) in [5.41, 5.74) is 1.23. The number of fused-ring (bicyclic) bond motifs is 2. The third-order valence-corrected chi connectivity index (χ3v) is 13.9. The Morgan fingerprint density at radius 1 is 0.969 bits per heavy atom. The standard InChI is InChI=1S/C46H52ClF2N9O7/c1-24(2)58-35-7-6-34(41(49)31(35)20-37(45(58)63)64-23-39(60)50-3)52-42-33(47)21-51-46(54-42)56-16-12-27(13-17-56)65-28-18-26(19-28)55-14-10-25(11-15-55)29-4-5-30-32(40(29)48)22-57(44(30)62)36-8-9-38(59)53-43(36)61/h4-7,20-21,24-28,36H,8-19,22-23H2,1-3H3,(H,50,60)(H,51,52,54)(H,53,59,61)/t26-,28-,36-/m0/s1. The van der Waals surface area contributed by atoms with Crippen LogP contribution in [0.3, 0.4) is 0 Å². The van der Waals surface area contributed by atoms with Gasteiger partial charge in [-0.25, -0.2) is 13.8 Å². The first-order valence-electron chi connectivity index (χ1n) is 22.4. The Labute approximate surface area is 379 Å². The third kappa shape index (κ3) is 8.75. The average Bonchev–Trinajstić information content (AvgIpc) is 3.62. The molecular formula is C46H52ClF2N9O7. The summed E-state index contributed by atoms with van der Waals surface area (Å²) in [5.74, 6) is -2.11. The van der Waals surface area contributed by atoms with Crippen molar-refractivity contribution in [1.82, 2.24) is 35.0 Å². The van der Waals surface area contributed by atoms with E-state index >= 15 is 8.78 Å². The van der Waals surface area contributed by atoms with E-state index in [1.807, 2.05) is 0 Å². The largest absolute Gasteiger partial charge is 0.478 e. The van der Waals surface area contributed by atoms with Crippen LogP contribution in [0.2, 0.25) is 5.02 Å². The van der Waals surface area contributed by atoms with Crippen LogP contribution in [0.5, 0.6) is 5.75 Å². The molecule has 4 amide bonds. The summed E-state index contributed by atoms with van der Waals surface area (Å²) < 4.78 is 45.7. The maximum atomic E-state index is 16.2. The highest BCUT2D eigenvalue weighted by Gasteiger charge is 2.42. The summed E-state index contributed by atoms with van der Waals surface area (Å²) >= 11 is 6.52. The Bertz CT molecular complexity index is 2610. The summed E-state index contributed by atoms with van der Waals surface area (Å²) in [7, 11) is 1.45. The van der Waals surface area contributed by atoms with E-state index in [4.69, 9.17) is 21.1 Å². The van der Waals surface area contributed by atoms with Crippen LogP contribution in [-0.2, 0) is 25.7 Å². The number of pyridine rings is 1. The van der Waals surface area contributed by atoms with Gasteiger partial charge in [-0.2, -0.15) is 4.98 Å². The number of nitrogens with one attached hydrogen (secondary N) is 3. The lowest BCUT2D eigenvalue weighted by Crippen LogP contribution is -2.52. The van der Waals surface area contributed by atoms with Gasteiger partial charge in [-0.1, -0.05) is 17.7 Å². The molecule has 6 heterocycles. The Morgan fingerprint density at radius 2 is 1.72 bits per heavy atom. The number of imide groups is 1. The summed E-state index contributed by atoms with van der Waals surface area (Å²) in [6.45, 7) is 6.26. The first-order chi connectivity index (χ1) is 31.3. The van der Waals surface area contributed by atoms with E-state index < -0.39 is 35.8 Å². The maximum absolute atomic E-state index is 16.2. The molecule has 2 aromatic carbocycles. The van der Waals surface area contributed by atoms with Gasteiger partial charge in [-0.15, -0.1) is 0 Å². The van der Waals surface area contributed by atoms with Crippen molar-refractivity contribution in [3.8, 4) is 5.75 Å². The van der Waals surface area contributed by atoms with E-state index in [1.54, 1.807) is 32.0 Å². The molecule has 4 aromatic rings. The second-order valence-corrected chi connectivity index (χ2v) is 18.3. The Hall–Kier alpha value is -5.72. The molecule has 16 nitrogen and oxygen atoms in total. The number of piperidine rings is 3. The molecule has 4 aliphatic heterocycles. The van der Waals surface area contributed by atoms with Gasteiger partial charge in [0.05, 0.1) is 36.2 Å². The van der Waals surface area contributed by atoms with Crippen LogP contribution in [-0.4, -0.2) is 112 Å². The quantitative estimate of drug-likeness (QED) is 0.156. The minimum Gasteiger partial charge on any atom is -0.478 e. The molecule has 9 rings (SSSR count). The molecule has 0 radical (unpaired) electrons. The molecule has 1 saturated carbocycles. The summed E-state index contributed by atoms with van der Waals surface area (Å²) in [4.78, 5) is 77.4. The topological polar surface area (TPSA) is 180 Å². The van der Waals surface area contributed by atoms with Crippen LogP contribution in [0.1, 0.15) is 98.7 Å². The molecule has 65 heavy (non-hydrogen) atoms. The minimum absolute atomic E-state index is 0.0264. The molecule has 0 spiro atoms. The van der Waals surface area contributed by atoms with E-state index in [0.29, 0.717) is 47.3 Å². The first-order valence-corrected chi connectivity index (χ1v) is 22.8. The maximum Gasteiger partial charge on any atom is 0.293 e. The van der Waals surface area contributed by atoms with Crippen LogP contribution in [0, 0.1) is 11.6 Å². The van der Waals surface area contributed by atoms with Crippen LogP contribution in [0.15, 0.2) is 41.3 Å². The highest BCUT2D eigenvalue weighted by atomic mass is 35.5. The Kier molecular flexibility index (Phi) is 12.5. The first kappa shape index (κ1) is 44.5. The van der Waals surface area contributed by atoms with Crippen molar-refractivity contribution < 1.29 is 37.4 Å². The fraction of sp³-hybridized carbons (Fsp3) is 0.500. The molecule has 3 N–H and O–H groups in total. The number of nitrogens with zero attached hydrogens (tertiary/aromatic N) is 6. The molecule has 1 aliphatic carbocycles. The van der Waals surface area contributed by atoms with E-state index in [0.717, 1.165) is 51.6 Å². The van der Waals surface area contributed by atoms with E-state index in [9.17, 15) is 24.0 Å². The summed E-state index contributed by atoms with van der Waals surface area (Å²) in [6.07, 6.45) is 7.19. The number of halogens is 3. The smallest absolute Gasteiger partial charge is 0.293 e. The van der Waals surface area contributed by atoms with Crippen LogP contribution < -0.4 is 31.1 Å². The van der Waals surface area contributed by atoms with Crippen LogP contribution in [0.4, 0.5) is 26.2 Å². The molecular weight excluding hydrogens is 864 g/mol. The monoisotopic (exact) mass is 915 g/mol. The van der Waals surface area contributed by atoms with Gasteiger partial charge in [-0.05, 0) is 108 Å². The zero-order valence-corrected chi connectivity index (χ0v) is 37.3. The Balaban J connectivity index is 0.756. The predicted octanol–water partition coefficient (Wildman–Crippen LogP) is 5.33. The van der Waals surface area contributed by atoms with Crippen molar-refractivity contribution in [2.24, 2.45) is 0 Å². The van der Waals surface area contributed by atoms with Gasteiger partial charge in [0.1, 0.15) is 16.9 Å². The van der Waals surface area contributed by atoms with Crippen molar-refractivity contribution in [3.63, 3.8) is 0 Å². The molecule has 3 saturated heterocycles.